The SMILES string of the molecule is CCc1ccccc1NC(=O)CCN1C(=S)N[C@H](c2ccccn2)[C@@H]1c1ccn(C2CCCCC2)c1. The number of hydrogen-bond acceptors (Lipinski definition) is 3. The Labute approximate surface area is 219 Å². The van der Waals surface area contributed by atoms with Gasteiger partial charge in [-0.3, -0.25) is 9.78 Å². The highest BCUT2D eigenvalue weighted by Crippen LogP contribution is 2.40. The monoisotopic (exact) mass is 501 g/mol. The van der Waals surface area contributed by atoms with Gasteiger partial charge in [-0.15, -0.1) is 0 Å². The van der Waals surface area contributed by atoms with Gasteiger partial charge in [0.05, 0.1) is 17.8 Å². The number of carbonyl (C=O) groups excluding carboxylic acids is 1. The molecule has 188 valence electrons. The van der Waals surface area contributed by atoms with Crippen LogP contribution in [-0.4, -0.2) is 32.0 Å². The molecule has 2 N–H and O–H groups in total. The normalized spacial score (nSPS) is 20.4. The minimum absolute atomic E-state index is 0.00138. The predicted octanol–water partition coefficient (Wildman–Crippen LogP) is 5.95. The molecule has 1 amide bonds. The van der Waals surface area contributed by atoms with E-state index in [-0.39, 0.29) is 18.0 Å². The second-order valence-electron chi connectivity index (χ2n) is 9.81. The summed E-state index contributed by atoms with van der Waals surface area (Å²) in [5, 5.41) is 7.27. The molecule has 2 aliphatic rings. The first kappa shape index (κ1) is 24.5. The first-order chi connectivity index (χ1) is 17.6. The number of pyridine rings is 1. The van der Waals surface area contributed by atoms with E-state index >= 15 is 0 Å². The number of benzene rings is 1. The third-order valence-corrected chi connectivity index (χ3v) is 7.88. The van der Waals surface area contributed by atoms with Crippen molar-refractivity contribution in [2.75, 3.05) is 11.9 Å². The molecule has 7 heteroatoms. The second kappa shape index (κ2) is 11.2. The summed E-state index contributed by atoms with van der Waals surface area (Å²) in [5.74, 6) is -0.00138. The summed E-state index contributed by atoms with van der Waals surface area (Å²) in [7, 11) is 0. The van der Waals surface area contributed by atoms with Crippen LogP contribution in [0.2, 0.25) is 0 Å². The highest BCUT2D eigenvalue weighted by Gasteiger charge is 2.40. The largest absolute Gasteiger partial charge is 0.352 e. The van der Waals surface area contributed by atoms with Crippen LogP contribution in [0.15, 0.2) is 67.1 Å². The molecule has 1 saturated heterocycles. The number of nitrogens with zero attached hydrogens (tertiary/aromatic N) is 3. The Balaban J connectivity index is 1.35. The van der Waals surface area contributed by atoms with Gasteiger partial charge in [-0.25, -0.2) is 0 Å². The van der Waals surface area contributed by atoms with Crippen molar-refractivity contribution in [1.29, 1.82) is 0 Å². The van der Waals surface area contributed by atoms with Crippen LogP contribution < -0.4 is 10.6 Å². The smallest absolute Gasteiger partial charge is 0.226 e. The zero-order chi connectivity index (χ0) is 24.9. The summed E-state index contributed by atoms with van der Waals surface area (Å²) in [5.41, 5.74) is 4.19. The number of anilines is 1. The molecule has 0 unspecified atom stereocenters. The Kier molecular flexibility index (Phi) is 7.66. The standard InChI is InChI=1S/C29H35N5OS/c1-2-21-10-6-7-13-24(21)31-26(35)16-19-34-28(27(32-29(34)36)25-14-8-9-17-30-25)22-15-18-33(20-22)23-11-4-3-5-12-23/h6-10,13-15,17-18,20,23,27-28H,2-5,11-12,16,19H2,1H3,(H,31,35)(H,32,36)/t27-,28+/m1/s1. The van der Waals surface area contributed by atoms with Crippen LogP contribution in [0.4, 0.5) is 5.69 Å². The minimum atomic E-state index is -0.0650. The van der Waals surface area contributed by atoms with Crippen LogP contribution in [0.3, 0.4) is 0 Å². The van der Waals surface area contributed by atoms with E-state index in [1.54, 1.807) is 0 Å². The molecule has 3 aromatic rings. The molecule has 5 rings (SSSR count). The maximum atomic E-state index is 12.9. The maximum Gasteiger partial charge on any atom is 0.226 e. The van der Waals surface area contributed by atoms with Crippen molar-refractivity contribution in [2.24, 2.45) is 0 Å². The number of amides is 1. The first-order valence-electron chi connectivity index (χ1n) is 13.2. The van der Waals surface area contributed by atoms with Crippen molar-refractivity contribution in [3.05, 3.63) is 83.9 Å². The Morgan fingerprint density at radius 3 is 2.69 bits per heavy atom. The van der Waals surface area contributed by atoms with Crippen LogP contribution in [0.5, 0.6) is 0 Å². The Hall–Kier alpha value is -3.19. The average Bonchev–Trinajstić information content (AvgIpc) is 3.53. The summed E-state index contributed by atoms with van der Waals surface area (Å²) in [6.07, 6.45) is 14.0. The molecule has 36 heavy (non-hydrogen) atoms. The van der Waals surface area contributed by atoms with Crippen LogP contribution in [-0.2, 0) is 11.2 Å². The number of aromatic nitrogens is 2. The zero-order valence-corrected chi connectivity index (χ0v) is 21.7. The summed E-state index contributed by atoms with van der Waals surface area (Å²) in [6.45, 7) is 2.63. The lowest BCUT2D eigenvalue weighted by Gasteiger charge is -2.27. The predicted molar refractivity (Wildman–Crippen MR) is 148 cm³/mol. The molecule has 0 radical (unpaired) electrons. The molecule has 6 nitrogen and oxygen atoms in total. The van der Waals surface area contributed by atoms with Gasteiger partial charge in [0.2, 0.25) is 5.91 Å². The van der Waals surface area contributed by atoms with E-state index < -0.39 is 0 Å². The van der Waals surface area contributed by atoms with E-state index in [2.05, 4.69) is 56.5 Å². The van der Waals surface area contributed by atoms with Crippen molar-refractivity contribution in [2.45, 2.75) is 70.0 Å². The molecule has 2 aromatic heterocycles. The van der Waals surface area contributed by atoms with Gasteiger partial charge in [0.15, 0.2) is 5.11 Å². The van der Waals surface area contributed by atoms with Gasteiger partial charge < -0.3 is 20.1 Å². The van der Waals surface area contributed by atoms with Crippen LogP contribution >= 0.6 is 12.2 Å². The van der Waals surface area contributed by atoms with Crippen LogP contribution in [0.1, 0.15) is 80.4 Å². The molecular formula is C29H35N5OS. The fourth-order valence-corrected chi connectivity index (χ4v) is 5.94. The Bertz CT molecular complexity index is 1190. The lowest BCUT2D eigenvalue weighted by Crippen LogP contribution is -2.32. The molecule has 0 bridgehead atoms. The van der Waals surface area contributed by atoms with Crippen LogP contribution in [0.25, 0.3) is 0 Å². The van der Waals surface area contributed by atoms with E-state index in [4.69, 9.17) is 12.2 Å². The van der Waals surface area contributed by atoms with Gasteiger partial charge in [0.25, 0.3) is 0 Å². The molecule has 1 aromatic carbocycles. The second-order valence-corrected chi connectivity index (χ2v) is 10.2. The van der Waals surface area contributed by atoms with Gasteiger partial charge in [0, 0.05) is 43.3 Å². The number of para-hydroxylation sites is 1. The third kappa shape index (κ3) is 5.31. The van der Waals surface area contributed by atoms with E-state index in [9.17, 15) is 4.79 Å². The minimum Gasteiger partial charge on any atom is -0.352 e. The fourth-order valence-electron chi connectivity index (χ4n) is 5.61. The van der Waals surface area contributed by atoms with E-state index in [0.29, 0.717) is 24.1 Å². The quantitative estimate of drug-likeness (QED) is 0.373. The molecule has 1 saturated carbocycles. The topological polar surface area (TPSA) is 62.2 Å². The molecule has 2 atom stereocenters. The fraction of sp³-hybridized carbons (Fsp3) is 0.414. The van der Waals surface area contributed by atoms with Gasteiger partial charge in [-0.05, 0) is 66.9 Å². The van der Waals surface area contributed by atoms with E-state index in [0.717, 1.165) is 23.4 Å². The molecule has 1 aliphatic heterocycles. The van der Waals surface area contributed by atoms with Crippen molar-refractivity contribution < 1.29 is 4.79 Å². The maximum absolute atomic E-state index is 12.9. The number of carbonyl (C=O) groups is 1. The van der Waals surface area contributed by atoms with E-state index in [1.807, 2.05) is 42.6 Å². The molecule has 0 spiro atoms. The first-order valence-corrected chi connectivity index (χ1v) is 13.6. The van der Waals surface area contributed by atoms with Crippen molar-refractivity contribution in [3.8, 4) is 0 Å². The Morgan fingerprint density at radius 1 is 1.11 bits per heavy atom. The number of aryl methyl sites for hydroxylation is 1. The summed E-state index contributed by atoms with van der Waals surface area (Å²) in [4.78, 5) is 19.7. The van der Waals surface area contributed by atoms with Gasteiger partial charge in [-0.2, -0.15) is 0 Å². The summed E-state index contributed by atoms with van der Waals surface area (Å²) in [6, 6.07) is 16.7. The van der Waals surface area contributed by atoms with Crippen molar-refractivity contribution in [3.63, 3.8) is 0 Å². The van der Waals surface area contributed by atoms with Gasteiger partial charge >= 0.3 is 0 Å². The Morgan fingerprint density at radius 2 is 1.92 bits per heavy atom. The number of hydrogen-bond donors (Lipinski definition) is 2. The summed E-state index contributed by atoms with van der Waals surface area (Å²) >= 11 is 5.80. The summed E-state index contributed by atoms with van der Waals surface area (Å²) < 4.78 is 2.39. The van der Waals surface area contributed by atoms with E-state index in [1.165, 1.54) is 37.7 Å². The highest BCUT2D eigenvalue weighted by molar-refractivity contribution is 7.80. The van der Waals surface area contributed by atoms with Crippen molar-refractivity contribution >= 4 is 28.9 Å². The highest BCUT2D eigenvalue weighted by atomic mass is 32.1. The lowest BCUT2D eigenvalue weighted by molar-refractivity contribution is -0.116. The number of rotatable bonds is 8. The lowest BCUT2D eigenvalue weighted by atomic mass is 9.95. The van der Waals surface area contributed by atoms with Crippen LogP contribution in [0, 0.1) is 0 Å². The third-order valence-electron chi connectivity index (χ3n) is 7.53. The molecule has 3 heterocycles. The number of nitrogens with one attached hydrogen (secondary N) is 2. The zero-order valence-electron chi connectivity index (χ0n) is 20.9. The average molecular weight is 502 g/mol. The number of thiocarbonyl (C=S) groups is 1. The molecular weight excluding hydrogens is 466 g/mol. The van der Waals surface area contributed by atoms with Gasteiger partial charge in [-0.1, -0.05) is 50.5 Å². The van der Waals surface area contributed by atoms with Gasteiger partial charge in [0.1, 0.15) is 0 Å². The molecule has 1 aliphatic carbocycles. The molecule has 2 fully saturated rings. The van der Waals surface area contributed by atoms with Crippen molar-refractivity contribution in [1.82, 2.24) is 19.8 Å².